The van der Waals surface area contributed by atoms with Crippen molar-refractivity contribution in [1.82, 2.24) is 9.78 Å². The van der Waals surface area contributed by atoms with E-state index in [1.165, 1.54) is 4.68 Å². The van der Waals surface area contributed by atoms with E-state index in [-0.39, 0.29) is 5.56 Å². The molecular weight excluding hydrogens is 296 g/mol. The number of ether oxygens (including phenoxy) is 1. The van der Waals surface area contributed by atoms with Crippen molar-refractivity contribution < 1.29 is 4.74 Å². The van der Waals surface area contributed by atoms with E-state index in [4.69, 9.17) is 4.74 Å². The van der Waals surface area contributed by atoms with Crippen LogP contribution in [0.4, 0.5) is 0 Å². The standard InChI is InChI=1S/C13H15BrN2O2/c1-3-4-11-12(14)13(17)16(15-11)9-5-7-10(18-2)8-6-9/h5-8,15H,3-4H2,1-2H3. The van der Waals surface area contributed by atoms with Crippen molar-refractivity contribution in [2.45, 2.75) is 19.8 Å². The first-order chi connectivity index (χ1) is 8.67. The second-order valence-corrected chi connectivity index (χ2v) is 4.79. The van der Waals surface area contributed by atoms with Gasteiger partial charge in [0.2, 0.25) is 0 Å². The maximum absolute atomic E-state index is 12.1. The molecule has 5 heteroatoms. The van der Waals surface area contributed by atoms with Gasteiger partial charge >= 0.3 is 0 Å². The van der Waals surface area contributed by atoms with Gasteiger partial charge in [-0.05, 0) is 46.6 Å². The number of nitrogens with zero attached hydrogens (tertiary/aromatic N) is 1. The molecule has 0 aliphatic rings. The van der Waals surface area contributed by atoms with Gasteiger partial charge in [0, 0.05) is 0 Å². The summed E-state index contributed by atoms with van der Waals surface area (Å²) < 4.78 is 7.24. The van der Waals surface area contributed by atoms with Gasteiger partial charge in [-0.3, -0.25) is 9.89 Å². The molecule has 1 heterocycles. The molecular formula is C13H15BrN2O2. The lowest BCUT2D eigenvalue weighted by atomic mass is 10.3. The third-order valence-electron chi connectivity index (χ3n) is 2.73. The Kier molecular flexibility index (Phi) is 3.91. The first-order valence-electron chi connectivity index (χ1n) is 5.81. The zero-order valence-corrected chi connectivity index (χ0v) is 12.0. The summed E-state index contributed by atoms with van der Waals surface area (Å²) in [6, 6.07) is 7.35. The fourth-order valence-corrected chi connectivity index (χ4v) is 2.26. The molecule has 0 saturated heterocycles. The van der Waals surface area contributed by atoms with Crippen molar-refractivity contribution in [3.8, 4) is 11.4 Å². The molecule has 1 aromatic carbocycles. The quantitative estimate of drug-likeness (QED) is 0.944. The lowest BCUT2D eigenvalue weighted by Crippen LogP contribution is -2.14. The van der Waals surface area contributed by atoms with Gasteiger partial charge in [0.1, 0.15) is 10.2 Å². The van der Waals surface area contributed by atoms with Gasteiger partial charge in [0.05, 0.1) is 18.5 Å². The molecule has 18 heavy (non-hydrogen) atoms. The lowest BCUT2D eigenvalue weighted by Gasteiger charge is -2.03. The highest BCUT2D eigenvalue weighted by molar-refractivity contribution is 9.10. The fourth-order valence-electron chi connectivity index (χ4n) is 1.79. The molecule has 0 spiro atoms. The van der Waals surface area contributed by atoms with E-state index in [1.54, 1.807) is 7.11 Å². The molecule has 2 aromatic rings. The summed E-state index contributed by atoms with van der Waals surface area (Å²) in [5, 5.41) is 3.12. The van der Waals surface area contributed by atoms with Crippen LogP contribution in [0.25, 0.3) is 5.69 Å². The Morgan fingerprint density at radius 1 is 1.33 bits per heavy atom. The van der Waals surface area contributed by atoms with E-state index in [9.17, 15) is 4.79 Å². The highest BCUT2D eigenvalue weighted by Crippen LogP contribution is 2.17. The second-order valence-electron chi connectivity index (χ2n) is 3.99. The monoisotopic (exact) mass is 310 g/mol. The lowest BCUT2D eigenvalue weighted by molar-refractivity contribution is 0.414. The number of benzene rings is 1. The first kappa shape index (κ1) is 13.0. The van der Waals surface area contributed by atoms with Crippen molar-refractivity contribution in [3.05, 3.63) is 44.8 Å². The summed E-state index contributed by atoms with van der Waals surface area (Å²) in [5.74, 6) is 0.770. The predicted molar refractivity (Wildman–Crippen MR) is 74.6 cm³/mol. The molecule has 0 aliphatic carbocycles. The number of hydrogen-bond donors (Lipinski definition) is 1. The summed E-state index contributed by atoms with van der Waals surface area (Å²) in [7, 11) is 1.62. The van der Waals surface area contributed by atoms with Crippen molar-refractivity contribution in [3.63, 3.8) is 0 Å². The second kappa shape index (κ2) is 5.44. The number of hydrogen-bond acceptors (Lipinski definition) is 2. The van der Waals surface area contributed by atoms with Crippen LogP contribution in [-0.2, 0) is 6.42 Å². The summed E-state index contributed by atoms with van der Waals surface area (Å²) in [6.07, 6.45) is 1.83. The smallest absolute Gasteiger partial charge is 0.285 e. The normalized spacial score (nSPS) is 10.6. The molecule has 96 valence electrons. The van der Waals surface area contributed by atoms with Crippen molar-refractivity contribution in [1.29, 1.82) is 0 Å². The zero-order valence-electron chi connectivity index (χ0n) is 10.4. The topological polar surface area (TPSA) is 47.0 Å². The van der Waals surface area contributed by atoms with E-state index in [1.807, 2.05) is 24.3 Å². The molecule has 0 radical (unpaired) electrons. The molecule has 4 nitrogen and oxygen atoms in total. The Morgan fingerprint density at radius 3 is 2.56 bits per heavy atom. The molecule has 1 aromatic heterocycles. The number of halogens is 1. The predicted octanol–water partition coefficient (Wildman–Crippen LogP) is 2.89. The highest BCUT2D eigenvalue weighted by atomic mass is 79.9. The first-order valence-corrected chi connectivity index (χ1v) is 6.60. The van der Waals surface area contributed by atoms with E-state index in [0.29, 0.717) is 4.47 Å². The molecule has 0 bridgehead atoms. The van der Waals surface area contributed by atoms with Crippen molar-refractivity contribution >= 4 is 15.9 Å². The van der Waals surface area contributed by atoms with Gasteiger partial charge in [-0.15, -0.1) is 0 Å². The number of aromatic amines is 1. The average Bonchev–Trinajstić information content (AvgIpc) is 2.68. The van der Waals surface area contributed by atoms with E-state index >= 15 is 0 Å². The molecule has 1 N–H and O–H groups in total. The maximum atomic E-state index is 12.1. The number of aryl methyl sites for hydroxylation is 1. The van der Waals surface area contributed by atoms with Crippen molar-refractivity contribution in [2.75, 3.05) is 7.11 Å². The molecule has 0 amide bonds. The molecule has 0 atom stereocenters. The van der Waals surface area contributed by atoms with Crippen molar-refractivity contribution in [2.24, 2.45) is 0 Å². The molecule has 2 rings (SSSR count). The Bertz CT molecular complexity index is 584. The van der Waals surface area contributed by atoms with E-state index in [2.05, 4.69) is 28.0 Å². The molecule has 0 aliphatic heterocycles. The van der Waals surface area contributed by atoms with Crippen LogP contribution in [0.1, 0.15) is 19.0 Å². The van der Waals surface area contributed by atoms with E-state index in [0.717, 1.165) is 30.0 Å². The zero-order chi connectivity index (χ0) is 13.1. The minimum Gasteiger partial charge on any atom is -0.497 e. The Balaban J connectivity index is 2.43. The van der Waals surface area contributed by atoms with Gasteiger partial charge < -0.3 is 4.74 Å². The Hall–Kier alpha value is -1.49. The van der Waals surface area contributed by atoms with Crippen LogP contribution in [-0.4, -0.2) is 16.9 Å². The Morgan fingerprint density at radius 2 is 2.00 bits per heavy atom. The third kappa shape index (κ3) is 2.36. The maximum Gasteiger partial charge on any atom is 0.285 e. The van der Waals surface area contributed by atoms with Gasteiger partial charge in [-0.2, -0.15) is 0 Å². The van der Waals surface area contributed by atoms with Crippen LogP contribution in [0.3, 0.4) is 0 Å². The number of H-pyrrole nitrogens is 1. The van der Waals surface area contributed by atoms with Crippen LogP contribution in [0.15, 0.2) is 33.5 Å². The number of nitrogens with one attached hydrogen (secondary N) is 1. The van der Waals surface area contributed by atoms with Gasteiger partial charge in [-0.25, -0.2) is 4.68 Å². The molecule has 0 unspecified atom stereocenters. The highest BCUT2D eigenvalue weighted by Gasteiger charge is 2.11. The van der Waals surface area contributed by atoms with Gasteiger partial charge in [0.15, 0.2) is 0 Å². The fraction of sp³-hybridized carbons (Fsp3) is 0.308. The minimum atomic E-state index is -0.0661. The number of rotatable bonds is 4. The van der Waals surface area contributed by atoms with Gasteiger partial charge in [-0.1, -0.05) is 13.3 Å². The summed E-state index contributed by atoms with van der Waals surface area (Å²) in [4.78, 5) is 12.1. The van der Waals surface area contributed by atoms with E-state index < -0.39 is 0 Å². The van der Waals surface area contributed by atoms with Crippen LogP contribution < -0.4 is 10.3 Å². The number of aromatic nitrogens is 2. The average molecular weight is 311 g/mol. The molecule has 0 fully saturated rings. The van der Waals surface area contributed by atoms with Gasteiger partial charge in [0.25, 0.3) is 5.56 Å². The summed E-state index contributed by atoms with van der Waals surface area (Å²) >= 11 is 3.34. The van der Waals surface area contributed by atoms with Crippen LogP contribution >= 0.6 is 15.9 Å². The van der Waals surface area contributed by atoms with Crippen LogP contribution in [0.5, 0.6) is 5.75 Å². The number of methoxy groups -OCH3 is 1. The largest absolute Gasteiger partial charge is 0.497 e. The van der Waals surface area contributed by atoms with Crippen LogP contribution in [0, 0.1) is 0 Å². The minimum absolute atomic E-state index is 0.0661. The summed E-state index contributed by atoms with van der Waals surface area (Å²) in [6.45, 7) is 2.08. The Labute approximate surface area is 114 Å². The van der Waals surface area contributed by atoms with Crippen LogP contribution in [0.2, 0.25) is 0 Å². The summed E-state index contributed by atoms with van der Waals surface area (Å²) in [5.41, 5.74) is 1.66. The molecule has 0 saturated carbocycles. The third-order valence-corrected chi connectivity index (χ3v) is 3.55. The SMILES string of the molecule is CCCc1[nH]n(-c2ccc(OC)cc2)c(=O)c1Br.